The second kappa shape index (κ2) is 5.52. The topological polar surface area (TPSA) is 34.1 Å². The lowest BCUT2D eigenvalue weighted by Gasteiger charge is -1.87. The monoisotopic (exact) mass is 216 g/mol. The molecular weight excluding hydrogens is 207 g/mol. The summed E-state index contributed by atoms with van der Waals surface area (Å²) in [5.74, 6) is 5.78. The molecule has 0 aliphatic heterocycles. The molecule has 0 aliphatic rings. The third-order valence-corrected chi connectivity index (χ3v) is 2.79. The predicted molar refractivity (Wildman–Crippen MR) is 62.3 cm³/mol. The largest absolute Gasteiger partial charge is 0.298 e. The van der Waals surface area contributed by atoms with Crippen LogP contribution >= 0.6 is 11.3 Å². The summed E-state index contributed by atoms with van der Waals surface area (Å²) in [5, 5.41) is 0. The Morgan fingerprint density at radius 2 is 2.00 bits per heavy atom. The van der Waals surface area contributed by atoms with Gasteiger partial charge in [-0.1, -0.05) is 18.8 Å². The summed E-state index contributed by atoms with van der Waals surface area (Å²) < 4.78 is 0.355. The number of unbranched alkanes of at least 4 members (excludes halogenated alkanes) is 1. The standard InChI is InChI=1S/C11H9BO2S/c1-2-3-4-5-10-8(6-13)9(7-14)11(12)15-10/h6-7H,2-3H2,1H3. The number of aldehydes is 2. The molecule has 0 bridgehead atoms. The molecule has 1 aromatic rings. The van der Waals surface area contributed by atoms with Gasteiger partial charge in [-0.05, 0) is 11.2 Å². The Morgan fingerprint density at radius 3 is 2.53 bits per heavy atom. The van der Waals surface area contributed by atoms with Crippen LogP contribution < -0.4 is 4.78 Å². The molecule has 4 heteroatoms. The van der Waals surface area contributed by atoms with Crippen LogP contribution in [0, 0.1) is 11.8 Å². The Kier molecular flexibility index (Phi) is 4.32. The Bertz CT molecular complexity index is 437. The summed E-state index contributed by atoms with van der Waals surface area (Å²) in [6.45, 7) is 2.02. The number of rotatable bonds is 3. The summed E-state index contributed by atoms with van der Waals surface area (Å²) in [4.78, 5) is 22.0. The molecule has 74 valence electrons. The first-order chi connectivity index (χ1) is 7.24. The average molecular weight is 216 g/mol. The van der Waals surface area contributed by atoms with Crippen LogP contribution in [0.15, 0.2) is 0 Å². The lowest BCUT2D eigenvalue weighted by atomic mass is 10.00. The normalized spacial score (nSPS) is 9.13. The lowest BCUT2D eigenvalue weighted by Crippen LogP contribution is -2.03. The van der Waals surface area contributed by atoms with E-state index in [1.807, 2.05) is 6.92 Å². The molecule has 0 unspecified atom stereocenters. The first-order valence-corrected chi connectivity index (χ1v) is 5.37. The number of carbonyl (C=O) groups excluding carboxylic acids is 2. The van der Waals surface area contributed by atoms with Crippen molar-refractivity contribution in [1.29, 1.82) is 0 Å². The van der Waals surface area contributed by atoms with Crippen LogP contribution in [0.4, 0.5) is 0 Å². The maximum Gasteiger partial charge on any atom is 0.152 e. The summed E-state index contributed by atoms with van der Waals surface area (Å²) in [5.41, 5.74) is 0.576. The van der Waals surface area contributed by atoms with Crippen LogP contribution in [0.1, 0.15) is 45.4 Å². The second-order valence-electron chi connectivity index (χ2n) is 2.91. The van der Waals surface area contributed by atoms with Crippen LogP contribution in [0.3, 0.4) is 0 Å². The molecule has 15 heavy (non-hydrogen) atoms. The molecule has 1 heterocycles. The van der Waals surface area contributed by atoms with E-state index in [0.717, 1.165) is 12.8 Å². The van der Waals surface area contributed by atoms with E-state index in [-0.39, 0.29) is 5.56 Å². The van der Waals surface area contributed by atoms with Crippen molar-refractivity contribution in [3.63, 3.8) is 0 Å². The zero-order valence-corrected chi connectivity index (χ0v) is 9.19. The van der Waals surface area contributed by atoms with Crippen LogP contribution in [-0.4, -0.2) is 20.4 Å². The second-order valence-corrected chi connectivity index (χ2v) is 3.96. The van der Waals surface area contributed by atoms with Gasteiger partial charge in [0.15, 0.2) is 12.6 Å². The lowest BCUT2D eigenvalue weighted by molar-refractivity contribution is 0.109. The minimum atomic E-state index is 0.260. The number of thiophene rings is 1. The van der Waals surface area contributed by atoms with Crippen molar-refractivity contribution in [3.8, 4) is 11.8 Å². The van der Waals surface area contributed by atoms with Gasteiger partial charge >= 0.3 is 0 Å². The zero-order valence-electron chi connectivity index (χ0n) is 8.37. The Morgan fingerprint density at radius 1 is 1.33 bits per heavy atom. The SMILES string of the molecule is [B]c1sc(C#CCCC)c(C=O)c1C=O. The van der Waals surface area contributed by atoms with Crippen LogP contribution in [0.2, 0.25) is 0 Å². The molecule has 0 atom stereocenters. The molecule has 2 radical (unpaired) electrons. The highest BCUT2D eigenvalue weighted by molar-refractivity contribution is 7.21. The van der Waals surface area contributed by atoms with Gasteiger partial charge in [0.05, 0.1) is 10.4 Å². The van der Waals surface area contributed by atoms with Crippen molar-refractivity contribution >= 4 is 36.5 Å². The summed E-state index contributed by atoms with van der Waals surface area (Å²) >= 11 is 1.18. The van der Waals surface area contributed by atoms with E-state index in [1.165, 1.54) is 11.3 Å². The van der Waals surface area contributed by atoms with E-state index in [0.29, 0.717) is 27.8 Å². The number of hydrogen-bond acceptors (Lipinski definition) is 3. The number of hydrogen-bond donors (Lipinski definition) is 0. The first-order valence-electron chi connectivity index (χ1n) is 4.56. The van der Waals surface area contributed by atoms with Gasteiger partial charge in [-0.25, -0.2) is 0 Å². The van der Waals surface area contributed by atoms with Crippen molar-refractivity contribution in [1.82, 2.24) is 0 Å². The smallest absolute Gasteiger partial charge is 0.152 e. The van der Waals surface area contributed by atoms with Crippen molar-refractivity contribution < 1.29 is 9.59 Å². The maximum absolute atomic E-state index is 10.8. The van der Waals surface area contributed by atoms with Crippen LogP contribution in [0.25, 0.3) is 0 Å². The molecule has 2 nitrogen and oxygen atoms in total. The predicted octanol–water partition coefficient (Wildman–Crippen LogP) is 1.32. The molecule has 0 saturated heterocycles. The van der Waals surface area contributed by atoms with Gasteiger partial charge in [0.25, 0.3) is 0 Å². The average Bonchev–Trinajstić information content (AvgIpc) is 2.54. The molecule has 0 fully saturated rings. The van der Waals surface area contributed by atoms with Crippen molar-refractivity contribution in [2.24, 2.45) is 0 Å². The summed E-state index contributed by atoms with van der Waals surface area (Å²) in [7, 11) is 5.59. The van der Waals surface area contributed by atoms with Gasteiger partial charge in [0.2, 0.25) is 0 Å². The maximum atomic E-state index is 10.8. The molecule has 0 N–H and O–H groups in total. The highest BCUT2D eigenvalue weighted by atomic mass is 32.1. The highest BCUT2D eigenvalue weighted by Crippen LogP contribution is 2.15. The van der Waals surface area contributed by atoms with E-state index in [2.05, 4.69) is 11.8 Å². The number of carbonyl (C=O) groups is 2. The van der Waals surface area contributed by atoms with Gasteiger partial charge in [-0.15, -0.1) is 11.3 Å². The van der Waals surface area contributed by atoms with Gasteiger partial charge in [0, 0.05) is 12.0 Å². The molecule has 0 amide bonds. The molecular formula is C11H9BO2S. The Balaban J connectivity index is 3.15. The van der Waals surface area contributed by atoms with Crippen LogP contribution in [0.5, 0.6) is 0 Å². The minimum absolute atomic E-state index is 0.260. The van der Waals surface area contributed by atoms with E-state index in [4.69, 9.17) is 7.85 Å². The molecule has 0 spiro atoms. The third-order valence-electron chi connectivity index (χ3n) is 1.82. The molecule has 1 aromatic heterocycles. The van der Waals surface area contributed by atoms with Crippen molar-refractivity contribution in [2.45, 2.75) is 19.8 Å². The minimum Gasteiger partial charge on any atom is -0.298 e. The molecule has 0 aliphatic carbocycles. The fourth-order valence-electron chi connectivity index (χ4n) is 1.07. The van der Waals surface area contributed by atoms with Gasteiger partial charge < -0.3 is 0 Å². The van der Waals surface area contributed by atoms with Crippen molar-refractivity contribution in [3.05, 3.63) is 16.0 Å². The molecule has 1 rings (SSSR count). The van der Waals surface area contributed by atoms with E-state index in [9.17, 15) is 9.59 Å². The molecule has 0 saturated carbocycles. The van der Waals surface area contributed by atoms with Crippen molar-refractivity contribution in [2.75, 3.05) is 0 Å². The van der Waals surface area contributed by atoms with E-state index >= 15 is 0 Å². The summed E-state index contributed by atoms with van der Waals surface area (Å²) in [6.07, 6.45) is 2.96. The van der Waals surface area contributed by atoms with Gasteiger partial charge in [-0.2, -0.15) is 0 Å². The van der Waals surface area contributed by atoms with Gasteiger partial charge in [0.1, 0.15) is 7.85 Å². The first kappa shape index (κ1) is 11.7. The zero-order chi connectivity index (χ0) is 11.3. The quantitative estimate of drug-likeness (QED) is 0.433. The van der Waals surface area contributed by atoms with E-state index in [1.54, 1.807) is 0 Å². The third kappa shape index (κ3) is 2.57. The van der Waals surface area contributed by atoms with Crippen LogP contribution in [-0.2, 0) is 0 Å². The molecule has 0 aromatic carbocycles. The Hall–Kier alpha value is -1.34. The fourth-order valence-corrected chi connectivity index (χ4v) is 1.95. The summed E-state index contributed by atoms with van der Waals surface area (Å²) in [6, 6.07) is 0. The Labute approximate surface area is 94.1 Å². The fraction of sp³-hybridized carbons (Fsp3) is 0.273. The van der Waals surface area contributed by atoms with Gasteiger partial charge in [-0.3, -0.25) is 9.59 Å². The van der Waals surface area contributed by atoms with E-state index < -0.39 is 0 Å². The highest BCUT2D eigenvalue weighted by Gasteiger charge is 2.12.